The van der Waals surface area contributed by atoms with Crippen LogP contribution in [0.4, 0.5) is 10.3 Å². The maximum absolute atomic E-state index is 13.8. The minimum atomic E-state index is -3.91. The van der Waals surface area contributed by atoms with Crippen molar-refractivity contribution in [1.82, 2.24) is 19.9 Å². The Kier molecular flexibility index (Phi) is 8.96. The molecule has 0 aliphatic heterocycles. The van der Waals surface area contributed by atoms with Crippen molar-refractivity contribution in [2.24, 2.45) is 0 Å². The number of pyridine rings is 1. The zero-order valence-electron chi connectivity index (χ0n) is 21.6. The molecular weight excluding hydrogens is 529 g/mol. The van der Waals surface area contributed by atoms with E-state index >= 15 is 0 Å². The van der Waals surface area contributed by atoms with Crippen LogP contribution in [0, 0.1) is 5.82 Å². The molecule has 1 saturated carbocycles. The van der Waals surface area contributed by atoms with Crippen molar-refractivity contribution in [3.05, 3.63) is 70.4 Å². The maximum atomic E-state index is 13.8. The second-order valence-electron chi connectivity index (χ2n) is 9.50. The van der Waals surface area contributed by atoms with Crippen molar-refractivity contribution >= 4 is 39.5 Å². The van der Waals surface area contributed by atoms with Crippen molar-refractivity contribution in [3.63, 3.8) is 0 Å². The van der Waals surface area contributed by atoms with Crippen LogP contribution in [-0.4, -0.2) is 61.6 Å². The largest absolute Gasteiger partial charge is 0.481 e. The fraction of sp³-hybridized carbons (Fsp3) is 0.370. The Bertz CT molecular complexity index is 1390. The van der Waals surface area contributed by atoms with Gasteiger partial charge in [0.15, 0.2) is 9.84 Å². The molecule has 0 atom stereocenters. The van der Waals surface area contributed by atoms with E-state index in [0.29, 0.717) is 23.6 Å². The first kappa shape index (κ1) is 27.9. The van der Waals surface area contributed by atoms with Gasteiger partial charge >= 0.3 is 0 Å². The number of benzene rings is 1. The number of methoxy groups -OCH3 is 1. The summed E-state index contributed by atoms with van der Waals surface area (Å²) in [5, 5.41) is 3.00. The molecule has 38 heavy (non-hydrogen) atoms. The summed E-state index contributed by atoms with van der Waals surface area (Å²) >= 11 is 5.88. The average molecular weight is 560 g/mol. The SMILES string of the molecule is COc1nc(CS(=O)(=O)c2cccc(F)c2Cl)ccc1/C=C/c1cnc(NC2CCC(N(C)C)CC2)nc1. The average Bonchev–Trinajstić information content (AvgIpc) is 2.90. The van der Waals surface area contributed by atoms with Crippen molar-refractivity contribution in [2.75, 3.05) is 26.5 Å². The number of hydrogen-bond acceptors (Lipinski definition) is 8. The Morgan fingerprint density at radius 2 is 1.82 bits per heavy atom. The van der Waals surface area contributed by atoms with Gasteiger partial charge in [0.2, 0.25) is 11.8 Å². The van der Waals surface area contributed by atoms with Crippen LogP contribution in [0.25, 0.3) is 12.2 Å². The van der Waals surface area contributed by atoms with Gasteiger partial charge in [-0.1, -0.05) is 23.7 Å². The normalized spacial score (nSPS) is 18.2. The van der Waals surface area contributed by atoms with Crippen LogP contribution < -0.4 is 10.1 Å². The van der Waals surface area contributed by atoms with Crippen molar-refractivity contribution in [3.8, 4) is 5.88 Å². The minimum Gasteiger partial charge on any atom is -0.481 e. The highest BCUT2D eigenvalue weighted by molar-refractivity contribution is 7.90. The first-order chi connectivity index (χ1) is 18.2. The third-order valence-corrected chi connectivity index (χ3v) is 8.80. The summed E-state index contributed by atoms with van der Waals surface area (Å²) in [5.74, 6) is -0.375. The summed E-state index contributed by atoms with van der Waals surface area (Å²) in [5.41, 5.74) is 1.69. The smallest absolute Gasteiger partial charge is 0.222 e. The van der Waals surface area contributed by atoms with Crippen LogP contribution in [0.3, 0.4) is 0 Å². The van der Waals surface area contributed by atoms with Crippen molar-refractivity contribution in [1.29, 1.82) is 0 Å². The Balaban J connectivity index is 1.40. The molecule has 0 saturated heterocycles. The van der Waals surface area contributed by atoms with Gasteiger partial charge in [0.05, 0.1) is 28.5 Å². The van der Waals surface area contributed by atoms with Gasteiger partial charge in [-0.15, -0.1) is 0 Å². The summed E-state index contributed by atoms with van der Waals surface area (Å²) in [6, 6.07) is 7.99. The molecule has 1 fully saturated rings. The van der Waals surface area contributed by atoms with E-state index in [0.717, 1.165) is 37.3 Å². The second-order valence-corrected chi connectivity index (χ2v) is 11.8. The van der Waals surface area contributed by atoms with Gasteiger partial charge in [0.1, 0.15) is 5.82 Å². The molecule has 3 aromatic rings. The molecule has 202 valence electrons. The lowest BCUT2D eigenvalue weighted by molar-refractivity contribution is 0.221. The van der Waals surface area contributed by atoms with Gasteiger partial charge in [-0.2, -0.15) is 0 Å². The molecule has 1 aliphatic rings. The maximum Gasteiger partial charge on any atom is 0.222 e. The van der Waals surface area contributed by atoms with E-state index in [4.69, 9.17) is 16.3 Å². The Labute approximate surface area is 227 Å². The minimum absolute atomic E-state index is 0.248. The van der Waals surface area contributed by atoms with Crippen LogP contribution in [-0.2, 0) is 15.6 Å². The number of anilines is 1. The lowest BCUT2D eigenvalue weighted by atomic mass is 9.91. The first-order valence-corrected chi connectivity index (χ1v) is 14.3. The lowest BCUT2D eigenvalue weighted by Gasteiger charge is -2.32. The summed E-state index contributed by atoms with van der Waals surface area (Å²) in [4.78, 5) is 15.2. The summed E-state index contributed by atoms with van der Waals surface area (Å²) < 4.78 is 44.7. The Hall–Kier alpha value is -3.08. The van der Waals surface area contributed by atoms with E-state index in [2.05, 4.69) is 39.3 Å². The highest BCUT2D eigenvalue weighted by Crippen LogP contribution is 2.28. The zero-order valence-corrected chi connectivity index (χ0v) is 23.1. The number of nitrogens with one attached hydrogen (secondary N) is 1. The Morgan fingerprint density at radius 3 is 2.47 bits per heavy atom. The van der Waals surface area contributed by atoms with Crippen molar-refractivity contribution < 1.29 is 17.5 Å². The highest BCUT2D eigenvalue weighted by Gasteiger charge is 2.23. The standard InChI is InChI=1S/C27H31ClFN5O3S/c1-34(2)22-13-11-20(12-14-22)33-27-30-15-18(16-31-27)7-8-19-9-10-21(32-26(19)37-3)17-38(35,36)24-6-4-5-23(29)25(24)28/h4-10,15-16,20,22H,11-14,17H2,1-3H3,(H,30,31,33)/b8-7+. The fourth-order valence-electron chi connectivity index (χ4n) is 4.46. The van der Waals surface area contributed by atoms with E-state index in [1.54, 1.807) is 30.6 Å². The topological polar surface area (TPSA) is 97.3 Å². The number of halogens is 2. The molecule has 0 bridgehead atoms. The number of aromatic nitrogens is 3. The number of rotatable bonds is 9. The third-order valence-electron chi connectivity index (χ3n) is 6.62. The van der Waals surface area contributed by atoms with E-state index in [1.165, 1.54) is 19.2 Å². The number of ether oxygens (including phenoxy) is 1. The summed E-state index contributed by atoms with van der Waals surface area (Å²) in [7, 11) is 1.80. The third kappa shape index (κ3) is 6.86. The molecule has 1 N–H and O–H groups in total. The van der Waals surface area contributed by atoms with Gasteiger partial charge < -0.3 is 15.0 Å². The van der Waals surface area contributed by atoms with E-state index in [-0.39, 0.29) is 16.5 Å². The van der Waals surface area contributed by atoms with E-state index in [1.807, 2.05) is 6.08 Å². The van der Waals surface area contributed by atoms with Crippen LogP contribution in [0.15, 0.2) is 47.6 Å². The van der Waals surface area contributed by atoms with Crippen LogP contribution in [0.5, 0.6) is 5.88 Å². The van der Waals surface area contributed by atoms with E-state index < -0.39 is 26.4 Å². The van der Waals surface area contributed by atoms with Gasteiger partial charge in [0.25, 0.3) is 0 Å². The molecule has 2 aromatic heterocycles. The summed E-state index contributed by atoms with van der Waals surface area (Å²) in [6.45, 7) is 0. The molecule has 2 heterocycles. The van der Waals surface area contributed by atoms with Crippen LogP contribution in [0.1, 0.15) is 42.5 Å². The fourth-order valence-corrected chi connectivity index (χ4v) is 6.30. The predicted molar refractivity (Wildman–Crippen MR) is 147 cm³/mol. The van der Waals surface area contributed by atoms with E-state index in [9.17, 15) is 12.8 Å². The molecule has 8 nitrogen and oxygen atoms in total. The molecule has 0 spiro atoms. The van der Waals surface area contributed by atoms with Crippen LogP contribution in [0.2, 0.25) is 5.02 Å². The molecule has 1 aromatic carbocycles. The quantitative estimate of drug-likeness (QED) is 0.387. The van der Waals surface area contributed by atoms with Crippen LogP contribution >= 0.6 is 11.6 Å². The molecule has 4 rings (SSSR count). The number of nitrogens with zero attached hydrogens (tertiary/aromatic N) is 4. The molecular formula is C27H31ClFN5O3S. The predicted octanol–water partition coefficient (Wildman–Crippen LogP) is 5.10. The molecule has 0 amide bonds. The number of hydrogen-bond donors (Lipinski definition) is 1. The molecule has 1 aliphatic carbocycles. The lowest BCUT2D eigenvalue weighted by Crippen LogP contribution is -2.36. The Morgan fingerprint density at radius 1 is 1.11 bits per heavy atom. The van der Waals surface area contributed by atoms with Gasteiger partial charge in [0, 0.05) is 35.6 Å². The van der Waals surface area contributed by atoms with Crippen molar-refractivity contribution in [2.45, 2.75) is 48.4 Å². The monoisotopic (exact) mass is 559 g/mol. The van der Waals surface area contributed by atoms with Gasteiger partial charge in [-0.3, -0.25) is 0 Å². The summed E-state index contributed by atoms with van der Waals surface area (Å²) in [6.07, 6.45) is 11.6. The van der Waals surface area contributed by atoms with Gasteiger partial charge in [-0.25, -0.2) is 27.8 Å². The first-order valence-electron chi connectivity index (χ1n) is 12.3. The molecule has 0 unspecified atom stereocenters. The molecule has 11 heteroatoms. The molecule has 0 radical (unpaired) electrons. The highest BCUT2D eigenvalue weighted by atomic mass is 35.5. The zero-order chi connectivity index (χ0) is 27.3. The van der Waals surface area contributed by atoms with Gasteiger partial charge in [-0.05, 0) is 70.1 Å². The second kappa shape index (κ2) is 12.2. The number of sulfone groups is 1.